The molecule has 0 aromatic heterocycles. The molecule has 6 rings (SSSR count). The van der Waals surface area contributed by atoms with Crippen molar-refractivity contribution in [3.05, 3.63) is 59.3 Å². The van der Waals surface area contributed by atoms with Crippen LogP contribution in [0.25, 0.3) is 0 Å². The zero-order valence-corrected chi connectivity index (χ0v) is 24.1. The van der Waals surface area contributed by atoms with Gasteiger partial charge in [-0.3, -0.25) is 0 Å². The maximum absolute atomic E-state index is 14.5. The molecule has 220 valence electrons. The van der Waals surface area contributed by atoms with Gasteiger partial charge in [-0.25, -0.2) is 32.1 Å². The molecule has 0 radical (unpaired) electrons. The number of nitrogens with zero attached hydrogens (tertiary/aromatic N) is 3. The van der Waals surface area contributed by atoms with Crippen LogP contribution >= 0.6 is 0 Å². The van der Waals surface area contributed by atoms with E-state index < -0.39 is 51.1 Å². The third-order valence-corrected chi connectivity index (χ3v) is 10.0. The van der Waals surface area contributed by atoms with Crippen LogP contribution in [0.4, 0.5) is 11.4 Å². The molecule has 2 aromatic rings. The van der Waals surface area contributed by atoms with Gasteiger partial charge in [0.15, 0.2) is 5.70 Å². The Morgan fingerprint density at radius 2 is 1.79 bits per heavy atom. The summed E-state index contributed by atoms with van der Waals surface area (Å²) in [6.07, 6.45) is -0.133. The third-order valence-electron chi connectivity index (χ3n) is 8.21. The second kappa shape index (κ2) is 9.76. The number of carbonyl (C=O) groups excluding carboxylic acids is 3. The Bertz CT molecular complexity index is 1700. The molecule has 0 saturated carbocycles. The van der Waals surface area contributed by atoms with Gasteiger partial charge in [-0.1, -0.05) is 18.2 Å². The molecule has 14 heteroatoms. The number of ether oxygens (including phenoxy) is 4. The number of methoxy groups -OCH3 is 3. The summed E-state index contributed by atoms with van der Waals surface area (Å²) in [5.41, 5.74) is -0.0463. The molecule has 1 fully saturated rings. The van der Waals surface area contributed by atoms with Gasteiger partial charge in [-0.15, -0.1) is 0 Å². The molecule has 4 aliphatic rings. The van der Waals surface area contributed by atoms with Crippen molar-refractivity contribution in [2.75, 3.05) is 51.7 Å². The number of para-hydroxylation sites is 1. The van der Waals surface area contributed by atoms with Crippen LogP contribution in [-0.2, 0) is 44.0 Å². The van der Waals surface area contributed by atoms with Crippen molar-refractivity contribution >= 4 is 45.1 Å². The number of carbonyl (C=O) groups is 3. The van der Waals surface area contributed by atoms with Crippen molar-refractivity contribution < 1.29 is 41.7 Å². The number of fused-ring (bicyclic) bond motifs is 2. The van der Waals surface area contributed by atoms with Crippen LogP contribution in [0.5, 0.6) is 5.75 Å². The van der Waals surface area contributed by atoms with E-state index in [-0.39, 0.29) is 22.7 Å². The highest BCUT2D eigenvalue weighted by Crippen LogP contribution is 2.56. The number of anilines is 2. The largest absolute Gasteiger partial charge is 0.490 e. The zero-order valence-electron chi connectivity index (χ0n) is 23.2. The molecule has 0 amide bonds. The lowest BCUT2D eigenvalue weighted by atomic mass is 9.70. The van der Waals surface area contributed by atoms with Crippen LogP contribution in [0.2, 0.25) is 0 Å². The topological polar surface area (TPSA) is 153 Å². The first-order chi connectivity index (χ1) is 20.1. The van der Waals surface area contributed by atoms with Gasteiger partial charge >= 0.3 is 17.9 Å². The van der Waals surface area contributed by atoms with Crippen LogP contribution in [0.3, 0.4) is 0 Å². The molecule has 4 heterocycles. The lowest BCUT2D eigenvalue weighted by molar-refractivity contribution is -0.144. The molecule has 1 spiro atoms. The molecule has 0 aliphatic carbocycles. The van der Waals surface area contributed by atoms with E-state index in [1.807, 2.05) is 11.9 Å². The summed E-state index contributed by atoms with van der Waals surface area (Å²) >= 11 is 0. The quantitative estimate of drug-likeness (QED) is 0.391. The number of sulfonamides is 1. The fourth-order valence-electron chi connectivity index (χ4n) is 6.29. The Labute approximate surface area is 241 Å². The molecule has 2 aromatic carbocycles. The number of benzene rings is 2. The van der Waals surface area contributed by atoms with Crippen LogP contribution in [0.1, 0.15) is 12.0 Å². The van der Waals surface area contributed by atoms with E-state index in [1.165, 1.54) is 12.1 Å². The number of nitrogens with one attached hydrogen (secondary N) is 1. The number of aliphatic imine (C=N–C) groups is 1. The van der Waals surface area contributed by atoms with Gasteiger partial charge in [0.05, 0.1) is 55.5 Å². The third kappa shape index (κ3) is 3.70. The minimum absolute atomic E-state index is 0.121. The fraction of sp³-hybridized carbons (Fsp3) is 0.357. The summed E-state index contributed by atoms with van der Waals surface area (Å²) in [6.45, 7) is 0.999. The summed E-state index contributed by atoms with van der Waals surface area (Å²) in [4.78, 5) is 45.8. The first-order valence-corrected chi connectivity index (χ1v) is 14.5. The average molecular weight is 597 g/mol. The second-order valence-corrected chi connectivity index (χ2v) is 12.0. The van der Waals surface area contributed by atoms with Gasteiger partial charge in [0.25, 0.3) is 10.0 Å². The van der Waals surface area contributed by atoms with Gasteiger partial charge in [-0.2, -0.15) is 0 Å². The highest BCUT2D eigenvalue weighted by molar-refractivity contribution is 7.89. The van der Waals surface area contributed by atoms with E-state index in [0.717, 1.165) is 25.6 Å². The van der Waals surface area contributed by atoms with E-state index in [9.17, 15) is 22.8 Å². The predicted octanol–water partition coefficient (Wildman–Crippen LogP) is 1.20. The van der Waals surface area contributed by atoms with E-state index in [4.69, 9.17) is 18.9 Å². The molecular formula is C28H28N4O9S. The normalized spacial score (nSPS) is 23.9. The Balaban J connectivity index is 1.63. The smallest absolute Gasteiger partial charge is 0.357 e. The summed E-state index contributed by atoms with van der Waals surface area (Å²) in [5.74, 6) is -2.41. The Hall–Kier alpha value is -4.59. The number of likely N-dealkylation sites (N-methyl/N-ethyl adjacent to an activating group) is 1. The maximum Gasteiger partial charge on any atom is 0.357 e. The first-order valence-electron chi connectivity index (χ1n) is 13.1. The van der Waals surface area contributed by atoms with E-state index >= 15 is 0 Å². The highest BCUT2D eigenvalue weighted by atomic mass is 32.2. The monoisotopic (exact) mass is 596 g/mol. The van der Waals surface area contributed by atoms with Gasteiger partial charge in [0.1, 0.15) is 24.2 Å². The summed E-state index contributed by atoms with van der Waals surface area (Å²) < 4.78 is 50.8. The second-order valence-electron chi connectivity index (χ2n) is 10.2. The summed E-state index contributed by atoms with van der Waals surface area (Å²) in [5, 5.41) is 3.26. The van der Waals surface area contributed by atoms with E-state index in [0.29, 0.717) is 35.8 Å². The van der Waals surface area contributed by atoms with Gasteiger partial charge in [0, 0.05) is 18.8 Å². The Kier molecular flexibility index (Phi) is 6.40. The van der Waals surface area contributed by atoms with Crippen molar-refractivity contribution in [2.24, 2.45) is 4.99 Å². The van der Waals surface area contributed by atoms with Crippen molar-refractivity contribution in [2.45, 2.75) is 28.8 Å². The van der Waals surface area contributed by atoms with Crippen LogP contribution in [-0.4, -0.2) is 90.1 Å². The van der Waals surface area contributed by atoms with Crippen LogP contribution in [0.15, 0.2) is 63.6 Å². The fourth-order valence-corrected chi connectivity index (χ4v) is 7.94. The molecule has 3 atom stereocenters. The number of rotatable bonds is 5. The van der Waals surface area contributed by atoms with Crippen LogP contribution < -0.4 is 15.0 Å². The molecule has 13 nitrogen and oxygen atoms in total. The molecule has 0 bridgehead atoms. The first kappa shape index (κ1) is 27.6. The molecule has 1 N–H and O–H groups in total. The zero-order chi connectivity index (χ0) is 30.0. The Morgan fingerprint density at radius 1 is 1.05 bits per heavy atom. The van der Waals surface area contributed by atoms with Crippen molar-refractivity contribution in [3.8, 4) is 5.75 Å². The number of hydrogen-bond donors (Lipinski definition) is 1. The van der Waals surface area contributed by atoms with Gasteiger partial charge < -0.3 is 29.2 Å². The molecule has 4 aliphatic heterocycles. The van der Waals surface area contributed by atoms with Crippen molar-refractivity contribution in [3.63, 3.8) is 0 Å². The number of amidine groups is 1. The minimum atomic E-state index is -4.53. The molecule has 0 unspecified atom stereocenters. The van der Waals surface area contributed by atoms with Gasteiger partial charge in [-0.05, 0) is 30.2 Å². The lowest BCUT2D eigenvalue weighted by Gasteiger charge is -2.37. The van der Waals surface area contributed by atoms with Crippen LogP contribution in [0, 0.1) is 0 Å². The minimum Gasteiger partial charge on any atom is -0.490 e. The molecule has 1 saturated heterocycles. The lowest BCUT2D eigenvalue weighted by Crippen LogP contribution is -2.52. The maximum atomic E-state index is 14.5. The standard InChI is InChI=1S/C28H28N4O9S/c1-31-11-12-41-20-13-15(9-10-18(20)31)42(36,37)32-19(24(33)38-2)14-28-16-7-5-6-8-17(16)29-23(28)21(25(34)39-3)22(26(35)40-4)30-27(28)32/h5-10,13,19,23,29H,11-12,14H2,1-4H3/t19-,23-,28-/m0/s1. The van der Waals surface area contributed by atoms with Crippen molar-refractivity contribution in [1.29, 1.82) is 0 Å². The summed E-state index contributed by atoms with van der Waals surface area (Å²) in [7, 11) is 0.786. The molecular weight excluding hydrogens is 568 g/mol. The number of hydrogen-bond acceptors (Lipinski definition) is 12. The Morgan fingerprint density at radius 3 is 2.50 bits per heavy atom. The summed E-state index contributed by atoms with van der Waals surface area (Å²) in [6, 6.07) is 9.11. The SMILES string of the molecule is COC(=O)C1=C(C(=O)OC)[C@@H]2Nc3ccccc3[C@@]23C[C@@H](C(=O)OC)N(S(=O)(=O)c2ccc4c(c2)OCCN4C)C3=N1. The van der Waals surface area contributed by atoms with Gasteiger partial charge in [0.2, 0.25) is 0 Å². The van der Waals surface area contributed by atoms with E-state index in [1.54, 1.807) is 30.3 Å². The average Bonchev–Trinajstić information content (AvgIpc) is 3.53. The number of esters is 3. The highest BCUT2D eigenvalue weighted by Gasteiger charge is 2.67. The predicted molar refractivity (Wildman–Crippen MR) is 149 cm³/mol. The molecule has 42 heavy (non-hydrogen) atoms. The van der Waals surface area contributed by atoms with Crippen molar-refractivity contribution in [1.82, 2.24) is 4.31 Å². The van der Waals surface area contributed by atoms with E-state index in [2.05, 4.69) is 10.3 Å².